The van der Waals surface area contributed by atoms with Crippen LogP contribution in [-0.4, -0.2) is 30.4 Å². The Balaban J connectivity index is 1.87. The van der Waals surface area contributed by atoms with Crippen LogP contribution < -0.4 is 10.2 Å². The van der Waals surface area contributed by atoms with Crippen LogP contribution in [0.1, 0.15) is 23.5 Å². The Bertz CT molecular complexity index is 1050. The number of aromatic nitrogens is 1. The van der Waals surface area contributed by atoms with Crippen LogP contribution in [0.4, 0.5) is 0 Å². The summed E-state index contributed by atoms with van der Waals surface area (Å²) in [6.45, 7) is 1.84. The third-order valence-corrected chi connectivity index (χ3v) is 5.17. The molecule has 0 spiro atoms. The molecule has 2 N–H and O–H groups in total. The fourth-order valence-corrected chi connectivity index (χ4v) is 3.32. The monoisotopic (exact) mass is 374 g/mol. The van der Waals surface area contributed by atoms with Gasteiger partial charge in [0.15, 0.2) is 16.1 Å². The first-order valence-electron chi connectivity index (χ1n) is 7.81. The molecule has 1 atom stereocenters. The van der Waals surface area contributed by atoms with Gasteiger partial charge < -0.3 is 9.30 Å². The Hall–Kier alpha value is -2.84. The van der Waals surface area contributed by atoms with Crippen molar-refractivity contribution in [3.8, 4) is 5.75 Å². The zero-order valence-corrected chi connectivity index (χ0v) is 15.0. The summed E-state index contributed by atoms with van der Waals surface area (Å²) in [6, 6.07) is 13.1. The number of sulfone groups is 1. The minimum Gasteiger partial charge on any atom is -0.470 e. The van der Waals surface area contributed by atoms with E-state index in [1.807, 2.05) is 23.8 Å². The lowest BCUT2D eigenvalue weighted by Gasteiger charge is -2.18. The number of hydrogen-bond acceptors (Lipinski definition) is 5. The number of nitrogens with zero attached hydrogens (tertiary/aromatic N) is 1. The maximum absolute atomic E-state index is 11.6. The van der Waals surface area contributed by atoms with E-state index in [2.05, 4.69) is 0 Å². The number of fused-ring (bicyclic) bond motifs is 1. The predicted molar refractivity (Wildman–Crippen MR) is 96.1 cm³/mol. The van der Waals surface area contributed by atoms with Crippen molar-refractivity contribution in [1.29, 1.82) is 0 Å². The van der Waals surface area contributed by atoms with Gasteiger partial charge in [-0.1, -0.05) is 6.07 Å². The lowest BCUT2D eigenvalue weighted by atomic mass is 10.1. The molecule has 8 heteroatoms. The summed E-state index contributed by atoms with van der Waals surface area (Å²) in [7, 11) is -3.25. The minimum absolute atomic E-state index is 0.226. The highest BCUT2D eigenvalue weighted by Gasteiger charge is 2.13. The number of benzene rings is 2. The first-order valence-corrected chi connectivity index (χ1v) is 9.70. The van der Waals surface area contributed by atoms with Gasteiger partial charge in [-0.05, 0) is 54.8 Å². The van der Waals surface area contributed by atoms with Gasteiger partial charge in [-0.25, -0.2) is 13.9 Å². The van der Waals surface area contributed by atoms with Gasteiger partial charge in [0.2, 0.25) is 0 Å². The summed E-state index contributed by atoms with van der Waals surface area (Å²) in [6.07, 6.45) is 2.59. The van der Waals surface area contributed by atoms with Gasteiger partial charge in [-0.3, -0.25) is 10.0 Å². The van der Waals surface area contributed by atoms with E-state index in [1.165, 1.54) is 12.1 Å². The van der Waals surface area contributed by atoms with Crippen molar-refractivity contribution in [1.82, 2.24) is 10.0 Å². The summed E-state index contributed by atoms with van der Waals surface area (Å²) in [4.78, 5) is 11.8. The summed E-state index contributed by atoms with van der Waals surface area (Å²) >= 11 is 0. The van der Waals surface area contributed by atoms with Gasteiger partial charge in [0.25, 0.3) is 5.91 Å². The second-order valence-corrected chi connectivity index (χ2v) is 7.91. The lowest BCUT2D eigenvalue weighted by Crippen LogP contribution is -2.18. The number of rotatable bonds is 5. The number of nitrogens with one attached hydrogen (secondary N) is 1. The Kier molecular flexibility index (Phi) is 4.71. The number of hydrogen-bond donors (Lipinski definition) is 2. The minimum atomic E-state index is -3.25. The number of amides is 1. The molecular formula is C18H18N2O5S. The smallest absolute Gasteiger partial charge is 0.274 e. The molecule has 1 amide bonds. The molecule has 0 aliphatic heterocycles. The number of ether oxygens (including phenoxy) is 1. The molecule has 0 saturated carbocycles. The van der Waals surface area contributed by atoms with E-state index in [4.69, 9.17) is 9.94 Å². The zero-order chi connectivity index (χ0) is 18.9. The first-order chi connectivity index (χ1) is 12.3. The van der Waals surface area contributed by atoms with Crippen molar-refractivity contribution >= 4 is 26.6 Å². The molecule has 2 aromatic carbocycles. The molecule has 3 rings (SSSR count). The molecule has 0 aliphatic rings. The Labute approximate surface area is 150 Å². The quantitative estimate of drug-likeness (QED) is 0.529. The highest BCUT2D eigenvalue weighted by molar-refractivity contribution is 7.90. The molecule has 0 fully saturated rings. The fraction of sp³-hybridized carbons (Fsp3) is 0.167. The van der Waals surface area contributed by atoms with Crippen LogP contribution in [0.3, 0.4) is 0 Å². The number of hydroxylamine groups is 1. The largest absolute Gasteiger partial charge is 0.470 e. The Morgan fingerprint density at radius 1 is 1.15 bits per heavy atom. The van der Waals surface area contributed by atoms with Gasteiger partial charge in [0.05, 0.1) is 10.4 Å². The predicted octanol–water partition coefficient (Wildman–Crippen LogP) is 2.76. The van der Waals surface area contributed by atoms with Gasteiger partial charge in [-0.15, -0.1) is 0 Å². The van der Waals surface area contributed by atoms with Crippen molar-refractivity contribution in [3.05, 3.63) is 60.3 Å². The average Bonchev–Trinajstić information content (AvgIpc) is 3.04. The zero-order valence-electron chi connectivity index (χ0n) is 14.2. The van der Waals surface area contributed by atoms with Gasteiger partial charge in [0.1, 0.15) is 5.75 Å². The third-order valence-electron chi connectivity index (χ3n) is 4.04. The fourth-order valence-electron chi connectivity index (χ4n) is 2.69. The Morgan fingerprint density at radius 3 is 2.46 bits per heavy atom. The molecule has 0 aliphatic carbocycles. The van der Waals surface area contributed by atoms with Crippen molar-refractivity contribution < 1.29 is 23.2 Å². The number of carbonyl (C=O) groups is 1. The molecule has 0 radical (unpaired) electrons. The summed E-state index contributed by atoms with van der Waals surface area (Å²) < 4.78 is 30.8. The molecule has 3 aromatic rings. The average molecular weight is 374 g/mol. The molecule has 1 aromatic heterocycles. The molecule has 0 saturated heterocycles. The lowest BCUT2D eigenvalue weighted by molar-refractivity contribution is 0.0706. The summed E-state index contributed by atoms with van der Waals surface area (Å²) in [5.41, 5.74) is 2.71. The van der Waals surface area contributed by atoms with E-state index >= 15 is 0 Å². The van der Waals surface area contributed by atoms with E-state index < -0.39 is 22.0 Å². The van der Waals surface area contributed by atoms with Crippen molar-refractivity contribution in [3.63, 3.8) is 0 Å². The molecule has 136 valence electrons. The van der Waals surface area contributed by atoms with Crippen LogP contribution in [0.5, 0.6) is 5.75 Å². The number of carbonyl (C=O) groups excluding carboxylic acids is 1. The van der Waals surface area contributed by atoms with Crippen LogP contribution in [0.2, 0.25) is 0 Å². The molecule has 7 nitrogen and oxygen atoms in total. The second-order valence-electron chi connectivity index (χ2n) is 5.90. The Morgan fingerprint density at radius 2 is 1.85 bits per heavy atom. The van der Waals surface area contributed by atoms with E-state index in [1.54, 1.807) is 35.8 Å². The SMILES string of the molecule is CC(Oc1ccc(S(C)(=O)=O)cc1)n1ccc2ccc(C(=O)NO)cc21. The van der Waals surface area contributed by atoms with Crippen LogP contribution >= 0.6 is 0 Å². The normalized spacial score (nSPS) is 12.7. The van der Waals surface area contributed by atoms with E-state index in [0.717, 1.165) is 17.2 Å². The molecular weight excluding hydrogens is 356 g/mol. The summed E-state index contributed by atoms with van der Waals surface area (Å²) in [5, 5.41) is 9.71. The van der Waals surface area contributed by atoms with Gasteiger partial charge in [0, 0.05) is 18.0 Å². The van der Waals surface area contributed by atoms with Crippen LogP contribution in [0.25, 0.3) is 10.9 Å². The molecule has 26 heavy (non-hydrogen) atoms. The van der Waals surface area contributed by atoms with Gasteiger partial charge >= 0.3 is 0 Å². The molecule has 0 bridgehead atoms. The van der Waals surface area contributed by atoms with Crippen LogP contribution in [0.15, 0.2) is 59.6 Å². The van der Waals surface area contributed by atoms with Gasteiger partial charge in [-0.2, -0.15) is 0 Å². The first kappa shape index (κ1) is 18.0. The summed E-state index contributed by atoms with van der Waals surface area (Å²) in [5.74, 6) is -0.0689. The highest BCUT2D eigenvalue weighted by Crippen LogP contribution is 2.25. The highest BCUT2D eigenvalue weighted by atomic mass is 32.2. The topological polar surface area (TPSA) is 97.6 Å². The molecule has 1 heterocycles. The van der Waals surface area contributed by atoms with Crippen molar-refractivity contribution in [2.75, 3.05) is 6.26 Å². The maximum atomic E-state index is 11.6. The second kappa shape index (κ2) is 6.81. The van der Waals surface area contributed by atoms with E-state index in [-0.39, 0.29) is 4.90 Å². The van der Waals surface area contributed by atoms with Crippen LogP contribution in [0, 0.1) is 0 Å². The maximum Gasteiger partial charge on any atom is 0.274 e. The standard InChI is InChI=1S/C18H18N2O5S/c1-12(25-15-5-7-16(8-6-15)26(2,23)24)20-10-9-13-3-4-14(11-17(13)20)18(21)19-22/h3-12,22H,1-2H3,(H,19,21). The third kappa shape index (κ3) is 3.56. The van der Waals surface area contributed by atoms with E-state index in [9.17, 15) is 13.2 Å². The van der Waals surface area contributed by atoms with E-state index in [0.29, 0.717) is 11.3 Å². The molecule has 1 unspecified atom stereocenters. The van der Waals surface area contributed by atoms with Crippen molar-refractivity contribution in [2.24, 2.45) is 0 Å². The van der Waals surface area contributed by atoms with Crippen LogP contribution in [-0.2, 0) is 9.84 Å². The van der Waals surface area contributed by atoms with Crippen molar-refractivity contribution in [2.45, 2.75) is 18.0 Å².